The first-order valence-corrected chi connectivity index (χ1v) is 9.71. The van der Waals surface area contributed by atoms with Crippen molar-refractivity contribution in [2.45, 2.75) is 90.2 Å². The number of hydrogen-bond donors (Lipinski definition) is 1. The summed E-state index contributed by atoms with van der Waals surface area (Å²) in [4.78, 5) is 0. The molecular weight excluding hydrogens is 266 g/mol. The molecule has 3 heteroatoms. The number of hydrogen-bond acceptors (Lipinski definition) is 2. The Kier molecular flexibility index (Phi) is 7.20. The highest BCUT2D eigenvalue weighted by Gasteiger charge is 2.39. The van der Waals surface area contributed by atoms with E-state index in [1.54, 1.807) is 0 Å². The van der Waals surface area contributed by atoms with Crippen molar-refractivity contribution in [1.29, 1.82) is 0 Å². The maximum atomic E-state index is 12.8. The van der Waals surface area contributed by atoms with Crippen LogP contribution in [0.1, 0.15) is 73.6 Å². The minimum absolute atomic E-state index is 0.324. The highest BCUT2D eigenvalue weighted by atomic mass is 32.2. The van der Waals surface area contributed by atoms with Gasteiger partial charge in [-0.3, -0.25) is 4.21 Å². The van der Waals surface area contributed by atoms with E-state index in [1.807, 2.05) is 0 Å². The standard InChI is InChI=1S/C17H35NOS/c1-7-11-18-15-10-9-14(17(4,5)6)12-16(15)20(19)13(3)8-2/h13-16,18H,7-12H2,1-6H3. The van der Waals surface area contributed by atoms with Crippen LogP contribution in [0, 0.1) is 11.3 Å². The Bertz CT molecular complexity index is 311. The molecule has 0 aromatic heterocycles. The Labute approximate surface area is 128 Å². The summed E-state index contributed by atoms with van der Waals surface area (Å²) in [5, 5.41) is 4.33. The number of rotatable bonds is 6. The maximum Gasteiger partial charge on any atom is 0.0506 e. The summed E-state index contributed by atoms with van der Waals surface area (Å²) in [5.74, 6) is 0.709. The second kappa shape index (κ2) is 7.93. The average Bonchev–Trinajstić information content (AvgIpc) is 2.42. The van der Waals surface area contributed by atoms with E-state index >= 15 is 0 Å². The molecule has 1 aliphatic carbocycles. The molecule has 0 aromatic rings. The number of nitrogens with one attached hydrogen (secondary N) is 1. The molecule has 1 saturated carbocycles. The molecule has 120 valence electrons. The van der Waals surface area contributed by atoms with Crippen molar-refractivity contribution in [3.05, 3.63) is 0 Å². The molecule has 1 fully saturated rings. The molecule has 0 aromatic carbocycles. The minimum Gasteiger partial charge on any atom is -0.313 e. The van der Waals surface area contributed by atoms with E-state index in [1.165, 1.54) is 12.8 Å². The molecule has 1 rings (SSSR count). The van der Waals surface area contributed by atoms with Crippen LogP contribution < -0.4 is 5.32 Å². The van der Waals surface area contributed by atoms with E-state index in [-0.39, 0.29) is 0 Å². The lowest BCUT2D eigenvalue weighted by atomic mass is 9.71. The molecule has 0 radical (unpaired) electrons. The fourth-order valence-electron chi connectivity index (χ4n) is 3.20. The van der Waals surface area contributed by atoms with Crippen molar-refractivity contribution in [2.75, 3.05) is 6.54 Å². The van der Waals surface area contributed by atoms with Crippen molar-refractivity contribution < 1.29 is 4.21 Å². The van der Waals surface area contributed by atoms with Gasteiger partial charge in [0.05, 0.1) is 5.25 Å². The van der Waals surface area contributed by atoms with Gasteiger partial charge in [0, 0.05) is 22.1 Å². The normalized spacial score (nSPS) is 31.0. The topological polar surface area (TPSA) is 29.1 Å². The lowest BCUT2D eigenvalue weighted by Crippen LogP contribution is -2.49. The zero-order valence-electron chi connectivity index (χ0n) is 14.4. The van der Waals surface area contributed by atoms with Crippen LogP contribution in [0.3, 0.4) is 0 Å². The van der Waals surface area contributed by atoms with Gasteiger partial charge in [0.2, 0.25) is 0 Å². The third kappa shape index (κ3) is 4.84. The molecule has 0 amide bonds. The zero-order valence-corrected chi connectivity index (χ0v) is 15.2. The Morgan fingerprint density at radius 1 is 1.25 bits per heavy atom. The van der Waals surface area contributed by atoms with Gasteiger partial charge in [-0.15, -0.1) is 0 Å². The largest absolute Gasteiger partial charge is 0.313 e. The Morgan fingerprint density at radius 2 is 1.90 bits per heavy atom. The second-order valence-corrected chi connectivity index (χ2v) is 9.59. The van der Waals surface area contributed by atoms with E-state index < -0.39 is 10.8 Å². The molecule has 0 spiro atoms. The first-order valence-electron chi connectivity index (χ1n) is 8.44. The molecule has 5 unspecified atom stereocenters. The lowest BCUT2D eigenvalue weighted by molar-refractivity contribution is 0.163. The van der Waals surface area contributed by atoms with Crippen LogP contribution in [-0.4, -0.2) is 27.3 Å². The summed E-state index contributed by atoms with van der Waals surface area (Å²) < 4.78 is 12.8. The van der Waals surface area contributed by atoms with E-state index in [0.717, 1.165) is 25.8 Å². The summed E-state index contributed by atoms with van der Waals surface area (Å²) in [5.41, 5.74) is 0.341. The predicted octanol–water partition coefficient (Wildman–Crippen LogP) is 4.12. The van der Waals surface area contributed by atoms with Crippen LogP contribution in [0.25, 0.3) is 0 Å². The quantitative estimate of drug-likeness (QED) is 0.799. The van der Waals surface area contributed by atoms with Gasteiger partial charge in [0.25, 0.3) is 0 Å². The monoisotopic (exact) mass is 301 g/mol. The van der Waals surface area contributed by atoms with Crippen LogP contribution in [0.15, 0.2) is 0 Å². The Hall–Kier alpha value is 0.110. The van der Waals surface area contributed by atoms with Crippen LogP contribution in [0.4, 0.5) is 0 Å². The summed E-state index contributed by atoms with van der Waals surface area (Å²) in [7, 11) is -0.703. The summed E-state index contributed by atoms with van der Waals surface area (Å²) in [6.07, 6.45) is 5.77. The summed E-state index contributed by atoms with van der Waals surface area (Å²) in [6.45, 7) is 14.6. The fraction of sp³-hybridized carbons (Fsp3) is 1.00. The molecule has 0 saturated heterocycles. The smallest absolute Gasteiger partial charge is 0.0506 e. The average molecular weight is 302 g/mol. The van der Waals surface area contributed by atoms with E-state index in [0.29, 0.717) is 27.9 Å². The van der Waals surface area contributed by atoms with Crippen LogP contribution >= 0.6 is 0 Å². The van der Waals surface area contributed by atoms with Gasteiger partial charge in [-0.25, -0.2) is 0 Å². The van der Waals surface area contributed by atoms with E-state index in [2.05, 4.69) is 46.9 Å². The highest BCUT2D eigenvalue weighted by molar-refractivity contribution is 7.86. The van der Waals surface area contributed by atoms with Gasteiger partial charge in [-0.05, 0) is 50.0 Å². The van der Waals surface area contributed by atoms with Crippen LogP contribution in [0.5, 0.6) is 0 Å². The first-order chi connectivity index (χ1) is 9.31. The molecule has 20 heavy (non-hydrogen) atoms. The van der Waals surface area contributed by atoms with Crippen molar-refractivity contribution in [3.8, 4) is 0 Å². The zero-order chi connectivity index (χ0) is 15.3. The summed E-state index contributed by atoms with van der Waals surface area (Å²) >= 11 is 0. The minimum atomic E-state index is -0.703. The fourth-order valence-corrected chi connectivity index (χ4v) is 5.10. The van der Waals surface area contributed by atoms with Crippen LogP contribution in [0.2, 0.25) is 0 Å². The molecule has 2 nitrogen and oxygen atoms in total. The second-order valence-electron chi connectivity index (χ2n) is 7.52. The molecular formula is C17H35NOS. The van der Waals surface area contributed by atoms with Crippen molar-refractivity contribution in [1.82, 2.24) is 5.32 Å². The van der Waals surface area contributed by atoms with Gasteiger partial charge < -0.3 is 5.32 Å². The molecule has 1 N–H and O–H groups in total. The molecule has 5 atom stereocenters. The van der Waals surface area contributed by atoms with Crippen molar-refractivity contribution >= 4 is 10.8 Å². The third-order valence-electron chi connectivity index (χ3n) is 4.94. The van der Waals surface area contributed by atoms with Gasteiger partial charge in [-0.1, -0.05) is 41.5 Å². The van der Waals surface area contributed by atoms with Crippen molar-refractivity contribution in [2.24, 2.45) is 11.3 Å². The Balaban J connectivity index is 2.80. The SMILES string of the molecule is CCCNC1CCC(C(C)(C)C)CC1S(=O)C(C)CC. The molecule has 0 bridgehead atoms. The van der Waals surface area contributed by atoms with Gasteiger partial charge >= 0.3 is 0 Å². The third-order valence-corrected chi connectivity index (χ3v) is 7.19. The predicted molar refractivity (Wildman–Crippen MR) is 90.6 cm³/mol. The van der Waals surface area contributed by atoms with Gasteiger partial charge in [0.15, 0.2) is 0 Å². The lowest BCUT2D eigenvalue weighted by Gasteiger charge is -2.42. The first kappa shape index (κ1) is 18.2. The van der Waals surface area contributed by atoms with Gasteiger partial charge in [-0.2, -0.15) is 0 Å². The summed E-state index contributed by atoms with van der Waals surface area (Å²) in [6, 6.07) is 0.461. The molecule has 0 heterocycles. The van der Waals surface area contributed by atoms with E-state index in [4.69, 9.17) is 0 Å². The highest BCUT2D eigenvalue weighted by Crippen LogP contribution is 2.40. The Morgan fingerprint density at radius 3 is 2.40 bits per heavy atom. The molecule has 1 aliphatic rings. The maximum absolute atomic E-state index is 12.8. The van der Waals surface area contributed by atoms with E-state index in [9.17, 15) is 4.21 Å². The van der Waals surface area contributed by atoms with Gasteiger partial charge in [0.1, 0.15) is 0 Å². The van der Waals surface area contributed by atoms with Crippen LogP contribution in [-0.2, 0) is 10.8 Å². The molecule has 0 aliphatic heterocycles. The van der Waals surface area contributed by atoms with Crippen molar-refractivity contribution in [3.63, 3.8) is 0 Å².